The van der Waals surface area contributed by atoms with Crippen molar-refractivity contribution in [2.45, 2.75) is 71.1 Å². The number of hydrogen-bond acceptors (Lipinski definition) is 2. The van der Waals surface area contributed by atoms with Crippen molar-refractivity contribution in [3.63, 3.8) is 0 Å². The van der Waals surface area contributed by atoms with Gasteiger partial charge in [-0.1, -0.05) is 51.9 Å². The smallest absolute Gasteiger partial charge is 0.134 e. The molecule has 0 rings (SSSR count). The molecule has 0 heterocycles. The van der Waals surface area contributed by atoms with Gasteiger partial charge in [-0.2, -0.15) is 0 Å². The molecule has 0 saturated carbocycles. The van der Waals surface area contributed by atoms with E-state index in [0.717, 1.165) is 12.8 Å². The third kappa shape index (κ3) is 11.6. The number of rotatable bonds is 11. The van der Waals surface area contributed by atoms with Gasteiger partial charge >= 0.3 is 0 Å². The first-order chi connectivity index (χ1) is 7.31. The Bertz CT molecular complexity index is 145. The lowest BCUT2D eigenvalue weighted by Gasteiger charge is -2.01. The molecule has 2 nitrogen and oxygen atoms in total. The molecule has 0 aromatic carbocycles. The summed E-state index contributed by atoms with van der Waals surface area (Å²) in [4.78, 5) is 11.1. The zero-order valence-corrected chi connectivity index (χ0v) is 10.3. The van der Waals surface area contributed by atoms with E-state index in [1.807, 2.05) is 0 Å². The number of Topliss-reactive ketones (excluding diaryl/α,β-unsaturated/α-hetero) is 1. The molecule has 90 valence electrons. The molecule has 0 bridgehead atoms. The Morgan fingerprint density at radius 2 is 1.40 bits per heavy atom. The topological polar surface area (TPSA) is 43.1 Å². The minimum Gasteiger partial charge on any atom is -0.330 e. The van der Waals surface area contributed by atoms with Crippen LogP contribution in [-0.2, 0) is 4.79 Å². The average Bonchev–Trinajstić information content (AvgIpc) is 2.22. The van der Waals surface area contributed by atoms with E-state index in [4.69, 9.17) is 5.73 Å². The van der Waals surface area contributed by atoms with Gasteiger partial charge in [-0.25, -0.2) is 0 Å². The summed E-state index contributed by atoms with van der Waals surface area (Å²) in [5.41, 5.74) is 5.31. The summed E-state index contributed by atoms with van der Waals surface area (Å²) in [5, 5.41) is 0. The Morgan fingerprint density at radius 1 is 0.867 bits per heavy atom. The second-order valence-electron chi connectivity index (χ2n) is 4.30. The van der Waals surface area contributed by atoms with E-state index in [1.165, 1.54) is 44.9 Å². The van der Waals surface area contributed by atoms with Gasteiger partial charge in [0.05, 0.1) is 0 Å². The lowest BCUT2D eigenvalue weighted by molar-refractivity contribution is -0.119. The first-order valence-electron chi connectivity index (χ1n) is 6.53. The summed E-state index contributed by atoms with van der Waals surface area (Å²) in [6.07, 6.45) is 11.6. The highest BCUT2D eigenvalue weighted by molar-refractivity contribution is 5.78. The molecule has 0 fully saturated rings. The number of unbranched alkanes of at least 4 members (excludes halogenated alkanes) is 7. The van der Waals surface area contributed by atoms with Crippen LogP contribution in [0.4, 0.5) is 0 Å². The van der Waals surface area contributed by atoms with E-state index in [0.29, 0.717) is 18.7 Å². The second-order valence-corrected chi connectivity index (χ2v) is 4.30. The van der Waals surface area contributed by atoms with Crippen molar-refractivity contribution in [2.24, 2.45) is 5.73 Å². The van der Waals surface area contributed by atoms with Crippen molar-refractivity contribution in [3.05, 3.63) is 0 Å². The van der Waals surface area contributed by atoms with E-state index in [-0.39, 0.29) is 0 Å². The van der Waals surface area contributed by atoms with Crippen LogP contribution in [-0.4, -0.2) is 12.3 Å². The zero-order chi connectivity index (χ0) is 11.4. The molecule has 0 unspecified atom stereocenters. The summed E-state index contributed by atoms with van der Waals surface area (Å²) in [6, 6.07) is 0. The van der Waals surface area contributed by atoms with Gasteiger partial charge in [0.25, 0.3) is 0 Å². The molecular formula is C13H27NO. The maximum absolute atomic E-state index is 11.1. The monoisotopic (exact) mass is 213 g/mol. The van der Waals surface area contributed by atoms with E-state index in [2.05, 4.69) is 6.92 Å². The molecule has 0 saturated heterocycles. The molecule has 0 aliphatic heterocycles. The Morgan fingerprint density at radius 3 is 1.93 bits per heavy atom. The third-order valence-electron chi connectivity index (χ3n) is 2.73. The molecule has 0 aromatic rings. The summed E-state index contributed by atoms with van der Waals surface area (Å²) < 4.78 is 0. The van der Waals surface area contributed by atoms with Gasteiger partial charge in [-0.15, -0.1) is 0 Å². The van der Waals surface area contributed by atoms with Crippen LogP contribution in [0.15, 0.2) is 0 Å². The van der Waals surface area contributed by atoms with Crippen molar-refractivity contribution in [1.82, 2.24) is 0 Å². The average molecular weight is 213 g/mol. The van der Waals surface area contributed by atoms with Gasteiger partial charge in [0.1, 0.15) is 5.78 Å². The normalized spacial score (nSPS) is 10.5. The number of ketones is 1. The van der Waals surface area contributed by atoms with Crippen molar-refractivity contribution in [2.75, 3.05) is 6.54 Å². The molecule has 0 aliphatic rings. The maximum atomic E-state index is 11.1. The molecule has 0 atom stereocenters. The highest BCUT2D eigenvalue weighted by atomic mass is 16.1. The lowest BCUT2D eigenvalue weighted by atomic mass is 10.1. The molecule has 0 radical (unpaired) electrons. The van der Waals surface area contributed by atoms with E-state index in [1.54, 1.807) is 0 Å². The summed E-state index contributed by atoms with van der Waals surface area (Å²) in [7, 11) is 0. The standard InChI is InChI=1S/C13H27NO/c1-2-3-4-5-6-7-8-9-10-13(15)11-12-14/h2-12,14H2,1H3. The van der Waals surface area contributed by atoms with Crippen molar-refractivity contribution >= 4 is 5.78 Å². The van der Waals surface area contributed by atoms with Crippen molar-refractivity contribution in [3.8, 4) is 0 Å². The highest BCUT2D eigenvalue weighted by Crippen LogP contribution is 2.09. The molecule has 0 spiro atoms. The van der Waals surface area contributed by atoms with Crippen LogP contribution in [0.3, 0.4) is 0 Å². The molecule has 2 N–H and O–H groups in total. The van der Waals surface area contributed by atoms with Crippen molar-refractivity contribution < 1.29 is 4.79 Å². The predicted octanol–water partition coefficient (Wildman–Crippen LogP) is 3.44. The first kappa shape index (κ1) is 14.6. The van der Waals surface area contributed by atoms with E-state index < -0.39 is 0 Å². The fraction of sp³-hybridized carbons (Fsp3) is 0.923. The minimum absolute atomic E-state index is 0.337. The number of carbonyl (C=O) groups excluding carboxylic acids is 1. The summed E-state index contributed by atoms with van der Waals surface area (Å²) in [6.45, 7) is 2.75. The van der Waals surface area contributed by atoms with Crippen LogP contribution in [0.2, 0.25) is 0 Å². The quantitative estimate of drug-likeness (QED) is 0.534. The molecule has 0 aliphatic carbocycles. The molecule has 0 amide bonds. The molecular weight excluding hydrogens is 186 g/mol. The minimum atomic E-state index is 0.337. The van der Waals surface area contributed by atoms with Crippen LogP contribution in [0, 0.1) is 0 Å². The maximum Gasteiger partial charge on any atom is 0.134 e. The van der Waals surface area contributed by atoms with Crippen LogP contribution in [0.1, 0.15) is 71.1 Å². The first-order valence-corrected chi connectivity index (χ1v) is 6.53. The van der Waals surface area contributed by atoms with Crippen LogP contribution in [0.5, 0.6) is 0 Å². The lowest BCUT2D eigenvalue weighted by Crippen LogP contribution is -2.07. The Balaban J connectivity index is 3.01. The van der Waals surface area contributed by atoms with E-state index >= 15 is 0 Å². The summed E-state index contributed by atoms with van der Waals surface area (Å²) in [5.74, 6) is 0.337. The van der Waals surface area contributed by atoms with Gasteiger partial charge in [0.2, 0.25) is 0 Å². The van der Waals surface area contributed by atoms with Gasteiger partial charge in [-0.3, -0.25) is 4.79 Å². The fourth-order valence-corrected chi connectivity index (χ4v) is 1.74. The molecule has 15 heavy (non-hydrogen) atoms. The zero-order valence-electron chi connectivity index (χ0n) is 10.3. The van der Waals surface area contributed by atoms with Crippen LogP contribution in [0.25, 0.3) is 0 Å². The number of carbonyl (C=O) groups is 1. The van der Waals surface area contributed by atoms with Crippen molar-refractivity contribution in [1.29, 1.82) is 0 Å². The second kappa shape index (κ2) is 11.7. The van der Waals surface area contributed by atoms with Gasteiger partial charge < -0.3 is 5.73 Å². The Kier molecular flexibility index (Phi) is 11.4. The molecule has 0 aromatic heterocycles. The van der Waals surface area contributed by atoms with Gasteiger partial charge in [-0.05, 0) is 13.0 Å². The van der Waals surface area contributed by atoms with Gasteiger partial charge in [0, 0.05) is 12.8 Å². The summed E-state index contributed by atoms with van der Waals surface area (Å²) >= 11 is 0. The predicted molar refractivity (Wildman–Crippen MR) is 65.9 cm³/mol. The van der Waals surface area contributed by atoms with Gasteiger partial charge in [0.15, 0.2) is 0 Å². The Hall–Kier alpha value is -0.370. The Labute approximate surface area is 94.6 Å². The molecule has 2 heteroatoms. The number of hydrogen-bond donors (Lipinski definition) is 1. The third-order valence-corrected chi connectivity index (χ3v) is 2.73. The van der Waals surface area contributed by atoms with Crippen LogP contribution < -0.4 is 5.73 Å². The highest BCUT2D eigenvalue weighted by Gasteiger charge is 1.99. The SMILES string of the molecule is CCCCCCCCCCC(=O)CCN. The van der Waals surface area contributed by atoms with Crippen LogP contribution >= 0.6 is 0 Å². The van der Waals surface area contributed by atoms with E-state index in [9.17, 15) is 4.79 Å². The fourth-order valence-electron chi connectivity index (χ4n) is 1.74. The largest absolute Gasteiger partial charge is 0.330 e. The number of nitrogens with two attached hydrogens (primary N) is 1.